The van der Waals surface area contributed by atoms with Crippen molar-refractivity contribution in [1.82, 2.24) is 0 Å². The molecule has 0 fully saturated rings. The van der Waals surface area contributed by atoms with Gasteiger partial charge in [0.15, 0.2) is 0 Å². The fourth-order valence-electron chi connectivity index (χ4n) is 3.46. The van der Waals surface area contributed by atoms with E-state index in [4.69, 9.17) is 28.4 Å². The van der Waals surface area contributed by atoms with Crippen LogP contribution in [0.4, 0.5) is 0 Å². The monoisotopic (exact) mass is 546 g/mol. The van der Waals surface area contributed by atoms with Crippen LogP contribution in [-0.4, -0.2) is 76.0 Å². The van der Waals surface area contributed by atoms with Crippen LogP contribution in [-0.2, 0) is 38.0 Å². The van der Waals surface area contributed by atoms with Gasteiger partial charge in [-0.2, -0.15) is 0 Å². The molecule has 0 heterocycles. The quantitative estimate of drug-likeness (QED) is 0.0862. The summed E-state index contributed by atoms with van der Waals surface area (Å²) in [7, 11) is 0. The van der Waals surface area contributed by atoms with Crippen LogP contribution in [0.25, 0.3) is 0 Å². The zero-order valence-corrected chi connectivity index (χ0v) is 25.3. The maximum Gasteiger partial charge on any atom is 0.305 e. The highest BCUT2D eigenvalue weighted by atomic mass is 16.6. The molecule has 8 heteroatoms. The fourth-order valence-corrected chi connectivity index (χ4v) is 3.46. The predicted octanol–water partition coefficient (Wildman–Crippen LogP) is 6.41. The van der Waals surface area contributed by atoms with Gasteiger partial charge in [0.25, 0.3) is 0 Å². The fraction of sp³-hybridized carbons (Fsp3) is 0.933. The van der Waals surface area contributed by atoms with Crippen molar-refractivity contribution in [3.05, 3.63) is 0 Å². The molecule has 0 aliphatic carbocycles. The summed E-state index contributed by atoms with van der Waals surface area (Å²) >= 11 is 0. The minimum absolute atomic E-state index is 0.0447. The first-order valence-electron chi connectivity index (χ1n) is 15.1. The Morgan fingerprint density at radius 1 is 0.474 bits per heavy atom. The first kappa shape index (κ1) is 36.8. The van der Waals surface area contributed by atoms with E-state index in [-0.39, 0.29) is 49.6 Å². The van der Waals surface area contributed by atoms with Crippen LogP contribution in [0.2, 0.25) is 0 Å². The Bertz CT molecular complexity index is 508. The van der Waals surface area contributed by atoms with Crippen molar-refractivity contribution in [2.24, 2.45) is 0 Å². The van der Waals surface area contributed by atoms with Crippen molar-refractivity contribution in [2.45, 2.75) is 143 Å². The van der Waals surface area contributed by atoms with Gasteiger partial charge in [-0.1, -0.05) is 52.4 Å². The van der Waals surface area contributed by atoms with Crippen LogP contribution in [0.15, 0.2) is 0 Å². The molecule has 0 aromatic rings. The van der Waals surface area contributed by atoms with E-state index in [1.165, 1.54) is 0 Å². The minimum Gasteiger partial charge on any atom is -0.463 e. The maximum atomic E-state index is 11.9. The summed E-state index contributed by atoms with van der Waals surface area (Å²) in [5, 5.41) is 0. The maximum absolute atomic E-state index is 11.9. The van der Waals surface area contributed by atoms with Gasteiger partial charge in [0.2, 0.25) is 0 Å². The second kappa shape index (κ2) is 26.0. The first-order valence-corrected chi connectivity index (χ1v) is 15.1. The average Bonchev–Trinajstić information content (AvgIpc) is 2.90. The van der Waals surface area contributed by atoms with E-state index in [0.29, 0.717) is 26.1 Å². The third-order valence-electron chi connectivity index (χ3n) is 6.00. The smallest absolute Gasteiger partial charge is 0.305 e. The topological polar surface area (TPSA) is 89.5 Å². The number of unbranched alkanes of at least 4 members (excludes halogenated alkanes) is 7. The van der Waals surface area contributed by atoms with E-state index >= 15 is 0 Å². The van der Waals surface area contributed by atoms with Crippen LogP contribution in [0.1, 0.15) is 119 Å². The van der Waals surface area contributed by atoms with Crippen LogP contribution < -0.4 is 0 Å². The van der Waals surface area contributed by atoms with Crippen LogP contribution in [0.5, 0.6) is 0 Å². The molecule has 0 N–H and O–H groups in total. The molecule has 0 aromatic carbocycles. The molecule has 0 bridgehead atoms. The van der Waals surface area contributed by atoms with Gasteiger partial charge >= 0.3 is 11.9 Å². The molecular formula is C30H58O8. The van der Waals surface area contributed by atoms with Gasteiger partial charge in [0, 0.05) is 26.1 Å². The number of esters is 2. The van der Waals surface area contributed by atoms with Crippen molar-refractivity contribution >= 4 is 11.9 Å². The molecule has 0 rings (SSSR count). The average molecular weight is 547 g/mol. The highest BCUT2D eigenvalue weighted by Gasteiger charge is 2.12. The zero-order valence-electron chi connectivity index (χ0n) is 25.3. The Morgan fingerprint density at radius 3 is 1.18 bits per heavy atom. The lowest BCUT2D eigenvalue weighted by molar-refractivity contribution is -0.149. The first-order chi connectivity index (χ1) is 18.3. The van der Waals surface area contributed by atoms with Gasteiger partial charge in [-0.15, -0.1) is 0 Å². The molecule has 0 aliphatic heterocycles. The van der Waals surface area contributed by atoms with Gasteiger partial charge in [-0.05, 0) is 53.4 Å². The van der Waals surface area contributed by atoms with Gasteiger partial charge in [-0.25, -0.2) is 0 Å². The molecule has 4 atom stereocenters. The van der Waals surface area contributed by atoms with Crippen molar-refractivity contribution in [2.75, 3.05) is 39.6 Å². The van der Waals surface area contributed by atoms with Crippen LogP contribution >= 0.6 is 0 Å². The largest absolute Gasteiger partial charge is 0.463 e. The van der Waals surface area contributed by atoms with Crippen molar-refractivity contribution in [3.8, 4) is 0 Å². The zero-order chi connectivity index (χ0) is 28.4. The Kier molecular flexibility index (Phi) is 25.2. The van der Waals surface area contributed by atoms with Gasteiger partial charge in [-0.3, -0.25) is 9.59 Å². The van der Waals surface area contributed by atoms with Crippen LogP contribution in [0.3, 0.4) is 0 Å². The molecule has 38 heavy (non-hydrogen) atoms. The lowest BCUT2D eigenvalue weighted by Crippen LogP contribution is -2.24. The standard InChI is InChI=1S/C30H58O8/c1-7-9-19-33-25(3)21-35-27(5)23-37-29(31)17-15-13-11-12-14-16-18-30(32)38-24-28(6)36-22-26(4)34-20-10-8-2/h25-28H,7-24H2,1-6H3. The van der Waals surface area contributed by atoms with E-state index in [0.717, 1.165) is 77.4 Å². The van der Waals surface area contributed by atoms with E-state index < -0.39 is 0 Å². The molecule has 0 amide bonds. The molecular weight excluding hydrogens is 488 g/mol. The molecule has 226 valence electrons. The third-order valence-corrected chi connectivity index (χ3v) is 6.00. The number of hydrogen-bond donors (Lipinski definition) is 0. The molecule has 0 saturated heterocycles. The van der Waals surface area contributed by atoms with E-state index in [1.54, 1.807) is 0 Å². The molecule has 0 aliphatic rings. The second-order valence-corrected chi connectivity index (χ2v) is 10.3. The number of rotatable bonds is 27. The lowest BCUT2D eigenvalue weighted by atomic mass is 10.1. The lowest BCUT2D eigenvalue weighted by Gasteiger charge is -2.17. The van der Waals surface area contributed by atoms with Crippen LogP contribution in [0, 0.1) is 0 Å². The summed E-state index contributed by atoms with van der Waals surface area (Å²) < 4.78 is 33.3. The third kappa shape index (κ3) is 25.1. The highest BCUT2D eigenvalue weighted by molar-refractivity contribution is 5.69. The summed E-state index contributed by atoms with van der Waals surface area (Å²) in [5.74, 6) is -0.348. The van der Waals surface area contributed by atoms with Gasteiger partial charge < -0.3 is 28.4 Å². The number of ether oxygens (including phenoxy) is 6. The number of carbonyl (C=O) groups excluding carboxylic acids is 2. The minimum atomic E-state index is -0.174. The number of carbonyl (C=O) groups is 2. The molecule has 0 saturated carbocycles. The normalized spacial score (nSPS) is 14.6. The van der Waals surface area contributed by atoms with Gasteiger partial charge in [0.1, 0.15) is 13.2 Å². The van der Waals surface area contributed by atoms with Gasteiger partial charge in [0.05, 0.1) is 37.6 Å². The summed E-state index contributed by atoms with van der Waals surface area (Å²) in [6, 6.07) is 0. The Labute approximate surface area is 232 Å². The SMILES string of the molecule is CCCCOC(C)COC(C)COC(=O)CCCCCCCCC(=O)OCC(C)OCC(C)OCCCC. The van der Waals surface area contributed by atoms with Crippen molar-refractivity contribution < 1.29 is 38.0 Å². The Hall–Kier alpha value is -1.22. The molecule has 8 nitrogen and oxygen atoms in total. The second-order valence-electron chi connectivity index (χ2n) is 10.3. The molecule has 4 unspecified atom stereocenters. The Balaban J connectivity index is 3.57. The van der Waals surface area contributed by atoms with E-state index in [9.17, 15) is 9.59 Å². The Morgan fingerprint density at radius 2 is 0.816 bits per heavy atom. The summed E-state index contributed by atoms with van der Waals surface area (Å²) in [4.78, 5) is 23.9. The van der Waals surface area contributed by atoms with Crippen molar-refractivity contribution in [3.63, 3.8) is 0 Å². The number of hydrogen-bond acceptors (Lipinski definition) is 8. The van der Waals surface area contributed by atoms with E-state index in [1.807, 2.05) is 27.7 Å². The summed E-state index contributed by atoms with van der Waals surface area (Å²) in [6.07, 6.45) is 10.7. The predicted molar refractivity (Wildman–Crippen MR) is 150 cm³/mol. The van der Waals surface area contributed by atoms with Crippen molar-refractivity contribution in [1.29, 1.82) is 0 Å². The summed E-state index contributed by atoms with van der Waals surface area (Å²) in [6.45, 7) is 15.1. The molecule has 0 radical (unpaired) electrons. The highest BCUT2D eigenvalue weighted by Crippen LogP contribution is 2.10. The summed E-state index contributed by atoms with van der Waals surface area (Å²) in [5.41, 5.74) is 0. The van der Waals surface area contributed by atoms with E-state index in [2.05, 4.69) is 13.8 Å². The molecule has 0 spiro atoms. The molecule has 0 aromatic heterocycles.